The first-order valence-corrected chi connectivity index (χ1v) is 3.01. The van der Waals surface area contributed by atoms with Crippen LogP contribution in [0.1, 0.15) is 5.69 Å². The average Bonchev–Trinajstić information content (AvgIpc) is 1.88. The van der Waals surface area contributed by atoms with Crippen LogP contribution in [0.4, 0.5) is 0 Å². The average molecular weight is 143 g/mol. The second-order valence-electron chi connectivity index (χ2n) is 1.67. The summed E-state index contributed by atoms with van der Waals surface area (Å²) in [6.07, 6.45) is 1.64. The molecule has 0 radical (unpaired) electrons. The van der Waals surface area contributed by atoms with Gasteiger partial charge in [-0.15, -0.1) is 0 Å². The molecule has 0 bridgehead atoms. The van der Waals surface area contributed by atoms with E-state index in [4.69, 9.17) is 17.3 Å². The summed E-state index contributed by atoms with van der Waals surface area (Å²) in [5.41, 5.74) is 6.12. The van der Waals surface area contributed by atoms with Crippen molar-refractivity contribution in [3.63, 3.8) is 0 Å². The van der Waals surface area contributed by atoms with Crippen molar-refractivity contribution in [3.8, 4) is 0 Å². The fraction of sp³-hybridized carbons (Fsp3) is 0.167. The van der Waals surface area contributed by atoms with Crippen molar-refractivity contribution < 1.29 is 0 Å². The molecule has 0 aliphatic heterocycles. The maximum Gasteiger partial charge on any atom is 0.0554 e. The molecule has 1 rings (SSSR count). The van der Waals surface area contributed by atoms with Gasteiger partial charge in [-0.1, -0.05) is 11.6 Å². The van der Waals surface area contributed by atoms with E-state index in [0.29, 0.717) is 11.6 Å². The third-order valence-electron chi connectivity index (χ3n) is 0.988. The first-order valence-electron chi connectivity index (χ1n) is 2.63. The zero-order valence-corrected chi connectivity index (χ0v) is 5.60. The molecule has 0 atom stereocenters. The van der Waals surface area contributed by atoms with E-state index in [0.717, 1.165) is 5.69 Å². The molecular weight excluding hydrogens is 136 g/mol. The maximum atomic E-state index is 5.63. The van der Waals surface area contributed by atoms with Gasteiger partial charge in [0.15, 0.2) is 0 Å². The quantitative estimate of drug-likeness (QED) is 0.640. The summed E-state index contributed by atoms with van der Waals surface area (Å²) < 4.78 is 0. The largest absolute Gasteiger partial charge is 0.325 e. The zero-order valence-electron chi connectivity index (χ0n) is 4.84. The lowest BCUT2D eigenvalue weighted by atomic mass is 10.4. The van der Waals surface area contributed by atoms with Crippen LogP contribution in [0, 0.1) is 0 Å². The van der Waals surface area contributed by atoms with Gasteiger partial charge in [0.2, 0.25) is 0 Å². The molecule has 2 N–H and O–H groups in total. The van der Waals surface area contributed by atoms with Gasteiger partial charge in [-0.25, -0.2) is 0 Å². The Morgan fingerprint density at radius 1 is 1.67 bits per heavy atom. The van der Waals surface area contributed by atoms with E-state index in [9.17, 15) is 0 Å². The van der Waals surface area contributed by atoms with E-state index in [1.165, 1.54) is 0 Å². The lowest BCUT2D eigenvalue weighted by Gasteiger charge is -1.92. The molecule has 48 valence electrons. The van der Waals surface area contributed by atoms with E-state index in [1.807, 2.05) is 0 Å². The normalized spacial score (nSPS) is 9.56. The fourth-order valence-electron chi connectivity index (χ4n) is 0.560. The molecule has 3 heteroatoms. The maximum absolute atomic E-state index is 5.63. The molecule has 1 aromatic heterocycles. The highest BCUT2D eigenvalue weighted by molar-refractivity contribution is 6.30. The van der Waals surface area contributed by atoms with Gasteiger partial charge in [0.05, 0.1) is 5.69 Å². The Morgan fingerprint density at radius 3 is 2.89 bits per heavy atom. The summed E-state index contributed by atoms with van der Waals surface area (Å²) >= 11 is 5.63. The lowest BCUT2D eigenvalue weighted by Crippen LogP contribution is -1.97. The molecule has 0 aliphatic rings. The Morgan fingerprint density at radius 2 is 2.44 bits per heavy atom. The van der Waals surface area contributed by atoms with Gasteiger partial charge >= 0.3 is 0 Å². The predicted octanol–water partition coefficient (Wildman–Crippen LogP) is 1.19. The van der Waals surface area contributed by atoms with Gasteiger partial charge in [-0.3, -0.25) is 4.98 Å². The van der Waals surface area contributed by atoms with Gasteiger partial charge < -0.3 is 5.73 Å². The number of aromatic nitrogens is 1. The van der Waals surface area contributed by atoms with Crippen LogP contribution in [0.2, 0.25) is 5.02 Å². The van der Waals surface area contributed by atoms with Crippen molar-refractivity contribution in [1.82, 2.24) is 4.98 Å². The number of hydrogen-bond acceptors (Lipinski definition) is 2. The molecule has 0 amide bonds. The van der Waals surface area contributed by atoms with Crippen LogP contribution < -0.4 is 5.73 Å². The third-order valence-corrected chi connectivity index (χ3v) is 1.22. The molecule has 0 unspecified atom stereocenters. The monoisotopic (exact) mass is 142 g/mol. The number of hydrogen-bond donors (Lipinski definition) is 1. The Hall–Kier alpha value is -0.600. The fourth-order valence-corrected chi connectivity index (χ4v) is 0.743. The van der Waals surface area contributed by atoms with Crippen molar-refractivity contribution in [3.05, 3.63) is 29.0 Å². The second kappa shape index (κ2) is 2.80. The molecule has 1 heterocycles. The highest BCUT2D eigenvalue weighted by Gasteiger charge is 1.89. The highest BCUT2D eigenvalue weighted by atomic mass is 35.5. The summed E-state index contributed by atoms with van der Waals surface area (Å²) in [7, 11) is 0. The number of halogens is 1. The van der Waals surface area contributed by atoms with E-state index in [-0.39, 0.29) is 0 Å². The van der Waals surface area contributed by atoms with Gasteiger partial charge in [0, 0.05) is 17.8 Å². The summed E-state index contributed by atoms with van der Waals surface area (Å²) in [6, 6.07) is 3.47. The number of nitrogens with two attached hydrogens (primary N) is 1. The van der Waals surface area contributed by atoms with Crippen LogP contribution >= 0.6 is 11.6 Å². The van der Waals surface area contributed by atoms with Crippen LogP contribution in [0.25, 0.3) is 0 Å². The molecule has 0 spiro atoms. The van der Waals surface area contributed by atoms with Gasteiger partial charge in [0.25, 0.3) is 0 Å². The summed E-state index contributed by atoms with van der Waals surface area (Å²) in [5.74, 6) is 0. The standard InChI is InChI=1S/C6H7ClN2/c7-5-1-2-9-6(3-5)4-8/h1-3H,4,8H2. The molecule has 0 saturated heterocycles. The Kier molecular flexibility index (Phi) is 2.03. The second-order valence-corrected chi connectivity index (χ2v) is 2.11. The zero-order chi connectivity index (χ0) is 6.69. The molecule has 1 aromatic rings. The van der Waals surface area contributed by atoms with E-state index in [1.54, 1.807) is 18.3 Å². The molecule has 9 heavy (non-hydrogen) atoms. The van der Waals surface area contributed by atoms with Crippen LogP contribution in [-0.2, 0) is 6.54 Å². The molecule has 0 aliphatic carbocycles. The van der Waals surface area contributed by atoms with E-state index < -0.39 is 0 Å². The molecule has 2 nitrogen and oxygen atoms in total. The summed E-state index contributed by atoms with van der Waals surface area (Å²) in [6.45, 7) is 0.445. The van der Waals surface area contributed by atoms with Gasteiger partial charge in [-0.2, -0.15) is 0 Å². The first kappa shape index (κ1) is 6.52. The van der Waals surface area contributed by atoms with E-state index in [2.05, 4.69) is 4.98 Å². The van der Waals surface area contributed by atoms with Crippen molar-refractivity contribution in [2.45, 2.75) is 6.54 Å². The number of pyridine rings is 1. The predicted molar refractivity (Wildman–Crippen MR) is 37.1 cm³/mol. The molecule has 0 fully saturated rings. The Labute approximate surface area is 58.7 Å². The van der Waals surface area contributed by atoms with Gasteiger partial charge in [0.1, 0.15) is 0 Å². The van der Waals surface area contributed by atoms with E-state index >= 15 is 0 Å². The van der Waals surface area contributed by atoms with Crippen molar-refractivity contribution in [1.29, 1.82) is 0 Å². The van der Waals surface area contributed by atoms with Crippen molar-refractivity contribution in [2.75, 3.05) is 0 Å². The third kappa shape index (κ3) is 1.66. The Balaban J connectivity index is 2.94. The molecule has 0 saturated carbocycles. The van der Waals surface area contributed by atoms with Crippen LogP contribution in [0.5, 0.6) is 0 Å². The van der Waals surface area contributed by atoms with Crippen LogP contribution in [0.3, 0.4) is 0 Å². The molecular formula is C6H7ClN2. The molecule has 0 aromatic carbocycles. The van der Waals surface area contributed by atoms with Crippen LogP contribution in [0.15, 0.2) is 18.3 Å². The minimum absolute atomic E-state index is 0.445. The topological polar surface area (TPSA) is 38.9 Å². The van der Waals surface area contributed by atoms with Crippen LogP contribution in [-0.4, -0.2) is 4.98 Å². The van der Waals surface area contributed by atoms with Gasteiger partial charge in [-0.05, 0) is 12.1 Å². The van der Waals surface area contributed by atoms with Crippen molar-refractivity contribution in [2.24, 2.45) is 5.73 Å². The summed E-state index contributed by atoms with van der Waals surface area (Å²) in [5, 5.41) is 0.686. The highest BCUT2D eigenvalue weighted by Crippen LogP contribution is 2.06. The smallest absolute Gasteiger partial charge is 0.0554 e. The Bertz CT molecular complexity index is 200. The number of rotatable bonds is 1. The SMILES string of the molecule is NCc1cc(Cl)ccn1. The number of nitrogens with zero attached hydrogens (tertiary/aromatic N) is 1. The van der Waals surface area contributed by atoms with Crippen molar-refractivity contribution >= 4 is 11.6 Å². The minimum Gasteiger partial charge on any atom is -0.325 e. The first-order chi connectivity index (χ1) is 4.33. The summed E-state index contributed by atoms with van der Waals surface area (Å²) in [4.78, 5) is 3.95. The minimum atomic E-state index is 0.445. The lowest BCUT2D eigenvalue weighted by molar-refractivity contribution is 0.991.